The SMILES string of the molecule is O=C(CN1C(=O)c2cc(Cl)c(Cl)cc2C1=O)NCc1ccccc1Cl. The van der Waals surface area contributed by atoms with Crippen molar-refractivity contribution < 1.29 is 14.4 Å². The van der Waals surface area contributed by atoms with Crippen molar-refractivity contribution >= 4 is 52.5 Å². The van der Waals surface area contributed by atoms with Crippen LogP contribution in [-0.2, 0) is 11.3 Å². The van der Waals surface area contributed by atoms with Gasteiger partial charge in [-0.05, 0) is 23.8 Å². The van der Waals surface area contributed by atoms with Crippen molar-refractivity contribution in [2.24, 2.45) is 0 Å². The van der Waals surface area contributed by atoms with Crippen molar-refractivity contribution in [3.63, 3.8) is 0 Å². The molecule has 0 spiro atoms. The molecule has 0 saturated carbocycles. The van der Waals surface area contributed by atoms with E-state index >= 15 is 0 Å². The lowest BCUT2D eigenvalue weighted by Gasteiger charge is -2.14. The maximum Gasteiger partial charge on any atom is 0.262 e. The zero-order valence-electron chi connectivity index (χ0n) is 12.7. The van der Waals surface area contributed by atoms with Crippen LogP contribution in [0.5, 0.6) is 0 Å². The minimum absolute atomic E-state index is 0.137. The van der Waals surface area contributed by atoms with Crippen LogP contribution in [0, 0.1) is 0 Å². The van der Waals surface area contributed by atoms with E-state index in [9.17, 15) is 14.4 Å². The van der Waals surface area contributed by atoms with Crippen molar-refractivity contribution in [3.8, 4) is 0 Å². The molecule has 1 heterocycles. The summed E-state index contributed by atoms with van der Waals surface area (Å²) in [6.45, 7) is -0.203. The molecule has 0 aliphatic carbocycles. The number of nitrogens with zero attached hydrogens (tertiary/aromatic N) is 1. The van der Waals surface area contributed by atoms with Crippen LogP contribution in [0.2, 0.25) is 15.1 Å². The average molecular weight is 398 g/mol. The second-order valence-corrected chi connectivity index (χ2v) is 6.60. The van der Waals surface area contributed by atoms with Gasteiger partial charge in [0.05, 0.1) is 21.2 Å². The topological polar surface area (TPSA) is 66.5 Å². The summed E-state index contributed by atoms with van der Waals surface area (Å²) in [7, 11) is 0. The van der Waals surface area contributed by atoms with Crippen LogP contribution in [0.4, 0.5) is 0 Å². The van der Waals surface area contributed by atoms with E-state index in [-0.39, 0.29) is 27.7 Å². The number of carbonyl (C=O) groups is 3. The van der Waals surface area contributed by atoms with Gasteiger partial charge < -0.3 is 5.32 Å². The molecule has 0 saturated heterocycles. The molecular formula is C17H11Cl3N2O3. The first kappa shape index (κ1) is 17.7. The molecule has 1 aliphatic rings. The predicted octanol–water partition coefficient (Wildman–Crippen LogP) is 3.56. The molecular weight excluding hydrogens is 387 g/mol. The van der Waals surface area contributed by atoms with E-state index < -0.39 is 24.3 Å². The van der Waals surface area contributed by atoms with Gasteiger partial charge in [-0.25, -0.2) is 0 Å². The van der Waals surface area contributed by atoms with E-state index in [1.807, 2.05) is 0 Å². The summed E-state index contributed by atoms with van der Waals surface area (Å²) >= 11 is 17.8. The lowest BCUT2D eigenvalue weighted by atomic mass is 10.1. The van der Waals surface area contributed by atoms with Crippen LogP contribution < -0.4 is 5.32 Å². The Kier molecular flexibility index (Phi) is 4.99. The van der Waals surface area contributed by atoms with E-state index in [1.54, 1.807) is 24.3 Å². The largest absolute Gasteiger partial charge is 0.350 e. The fourth-order valence-electron chi connectivity index (χ4n) is 2.46. The van der Waals surface area contributed by atoms with Gasteiger partial charge in [-0.1, -0.05) is 53.0 Å². The van der Waals surface area contributed by atoms with Crippen molar-refractivity contribution in [2.75, 3.05) is 6.54 Å². The van der Waals surface area contributed by atoms with Crippen LogP contribution in [0.25, 0.3) is 0 Å². The Bertz CT molecular complexity index is 858. The Balaban J connectivity index is 1.69. The molecule has 2 aromatic carbocycles. The second-order valence-electron chi connectivity index (χ2n) is 5.38. The number of benzene rings is 2. The van der Waals surface area contributed by atoms with Crippen LogP contribution >= 0.6 is 34.8 Å². The first-order valence-corrected chi connectivity index (χ1v) is 8.37. The Labute approximate surface area is 158 Å². The highest BCUT2D eigenvalue weighted by atomic mass is 35.5. The minimum atomic E-state index is -0.577. The number of carbonyl (C=O) groups excluding carboxylic acids is 3. The number of rotatable bonds is 4. The molecule has 2 aromatic rings. The third-order valence-corrected chi connectivity index (χ3v) is 4.84. The maximum atomic E-state index is 12.3. The van der Waals surface area contributed by atoms with E-state index in [2.05, 4.69) is 5.32 Å². The molecule has 0 aromatic heterocycles. The van der Waals surface area contributed by atoms with Gasteiger partial charge in [0, 0.05) is 11.6 Å². The molecule has 3 amide bonds. The minimum Gasteiger partial charge on any atom is -0.350 e. The molecule has 128 valence electrons. The van der Waals surface area contributed by atoms with Crippen LogP contribution in [0.1, 0.15) is 26.3 Å². The van der Waals surface area contributed by atoms with Gasteiger partial charge in [0.1, 0.15) is 6.54 Å². The van der Waals surface area contributed by atoms with Crippen molar-refractivity contribution in [1.82, 2.24) is 10.2 Å². The number of imide groups is 1. The maximum absolute atomic E-state index is 12.3. The molecule has 0 unspecified atom stereocenters. The molecule has 0 atom stereocenters. The molecule has 5 nitrogen and oxygen atoms in total. The van der Waals surface area contributed by atoms with Gasteiger partial charge in [0.2, 0.25) is 5.91 Å². The molecule has 3 rings (SSSR count). The van der Waals surface area contributed by atoms with Crippen molar-refractivity contribution in [3.05, 3.63) is 68.2 Å². The van der Waals surface area contributed by atoms with E-state index in [1.165, 1.54) is 12.1 Å². The number of halogens is 3. The molecule has 0 fully saturated rings. The summed E-state index contributed by atoms with van der Waals surface area (Å²) in [5.41, 5.74) is 1.01. The second kappa shape index (κ2) is 7.04. The summed E-state index contributed by atoms with van der Waals surface area (Å²) in [6, 6.07) is 9.73. The predicted molar refractivity (Wildman–Crippen MR) is 95.1 cm³/mol. The first-order valence-electron chi connectivity index (χ1n) is 7.24. The average Bonchev–Trinajstić information content (AvgIpc) is 2.79. The van der Waals surface area contributed by atoms with Gasteiger partial charge >= 0.3 is 0 Å². The molecule has 0 bridgehead atoms. The van der Waals surface area contributed by atoms with Gasteiger partial charge in [0.15, 0.2) is 0 Å². The summed E-state index contributed by atoms with van der Waals surface area (Å²) in [5, 5.41) is 3.50. The summed E-state index contributed by atoms with van der Waals surface area (Å²) < 4.78 is 0. The summed E-state index contributed by atoms with van der Waals surface area (Å²) in [6.07, 6.45) is 0. The van der Waals surface area contributed by atoms with Crippen LogP contribution in [0.15, 0.2) is 36.4 Å². The van der Waals surface area contributed by atoms with Crippen molar-refractivity contribution in [2.45, 2.75) is 6.54 Å². The summed E-state index contributed by atoms with van der Waals surface area (Å²) in [5.74, 6) is -1.63. The Morgan fingerprint density at radius 2 is 1.48 bits per heavy atom. The highest BCUT2D eigenvalue weighted by Gasteiger charge is 2.37. The number of hydrogen-bond donors (Lipinski definition) is 1. The Hall–Kier alpha value is -2.08. The lowest BCUT2D eigenvalue weighted by molar-refractivity contribution is -0.121. The Morgan fingerprint density at radius 1 is 0.920 bits per heavy atom. The third-order valence-electron chi connectivity index (χ3n) is 3.75. The number of amides is 3. The number of fused-ring (bicyclic) bond motifs is 1. The van der Waals surface area contributed by atoms with Crippen molar-refractivity contribution in [1.29, 1.82) is 0 Å². The highest BCUT2D eigenvalue weighted by Crippen LogP contribution is 2.31. The number of hydrogen-bond acceptors (Lipinski definition) is 3. The van der Waals surface area contributed by atoms with Crippen LogP contribution in [0.3, 0.4) is 0 Å². The van der Waals surface area contributed by atoms with E-state index in [0.29, 0.717) is 5.02 Å². The standard InChI is InChI=1S/C17H11Cl3N2O3/c18-12-4-2-1-3-9(12)7-21-15(23)8-22-16(24)10-5-13(19)14(20)6-11(10)17(22)25/h1-6H,7-8H2,(H,21,23). The first-order chi connectivity index (χ1) is 11.9. The summed E-state index contributed by atoms with van der Waals surface area (Å²) in [4.78, 5) is 37.6. The number of nitrogens with one attached hydrogen (secondary N) is 1. The third kappa shape index (κ3) is 3.49. The lowest BCUT2D eigenvalue weighted by Crippen LogP contribution is -2.40. The van der Waals surface area contributed by atoms with Gasteiger partial charge in [-0.3, -0.25) is 19.3 Å². The molecule has 8 heteroatoms. The van der Waals surface area contributed by atoms with Gasteiger partial charge in [-0.15, -0.1) is 0 Å². The molecule has 1 aliphatic heterocycles. The molecule has 0 radical (unpaired) electrons. The normalized spacial score (nSPS) is 13.2. The van der Waals surface area contributed by atoms with E-state index in [0.717, 1.165) is 10.5 Å². The zero-order valence-corrected chi connectivity index (χ0v) is 15.0. The monoisotopic (exact) mass is 396 g/mol. The van der Waals surface area contributed by atoms with Gasteiger partial charge in [-0.2, -0.15) is 0 Å². The fraction of sp³-hybridized carbons (Fsp3) is 0.118. The zero-order chi connectivity index (χ0) is 18.1. The van der Waals surface area contributed by atoms with Gasteiger partial charge in [0.25, 0.3) is 11.8 Å². The van der Waals surface area contributed by atoms with E-state index in [4.69, 9.17) is 34.8 Å². The smallest absolute Gasteiger partial charge is 0.262 e. The quantitative estimate of drug-likeness (QED) is 0.802. The molecule has 25 heavy (non-hydrogen) atoms. The van der Waals surface area contributed by atoms with Crippen LogP contribution in [-0.4, -0.2) is 29.2 Å². The molecule has 1 N–H and O–H groups in total. The Morgan fingerprint density at radius 3 is 2.04 bits per heavy atom. The highest BCUT2D eigenvalue weighted by molar-refractivity contribution is 6.43. The fourth-order valence-corrected chi connectivity index (χ4v) is 2.99.